The van der Waals surface area contributed by atoms with Crippen molar-refractivity contribution in [2.24, 2.45) is 0 Å². The summed E-state index contributed by atoms with van der Waals surface area (Å²) in [6.45, 7) is 1.76. The Bertz CT molecular complexity index is 1070. The summed E-state index contributed by atoms with van der Waals surface area (Å²) in [7, 11) is 1.49. The van der Waals surface area contributed by atoms with E-state index in [4.69, 9.17) is 9.47 Å². The van der Waals surface area contributed by atoms with E-state index in [0.29, 0.717) is 22.7 Å². The average Bonchev–Trinajstić information content (AvgIpc) is 2.82. The highest BCUT2D eigenvalue weighted by molar-refractivity contribution is 6.01. The Morgan fingerprint density at radius 2 is 1.91 bits per heavy atom. The molecule has 2 N–H and O–H groups in total. The largest absolute Gasteiger partial charge is 0.493 e. The maximum absolute atomic E-state index is 12.5. The molecule has 0 unspecified atom stereocenters. The lowest BCUT2D eigenvalue weighted by atomic mass is 9.95. The number of nitrogens with zero attached hydrogens (tertiary/aromatic N) is 1. The normalized spacial score (nSPS) is 14.2. The zero-order valence-corrected chi connectivity index (χ0v) is 19.0. The molecule has 0 saturated heterocycles. The van der Waals surface area contributed by atoms with Gasteiger partial charge in [-0.25, -0.2) is 0 Å². The van der Waals surface area contributed by atoms with Gasteiger partial charge < -0.3 is 20.1 Å². The lowest BCUT2D eigenvalue weighted by molar-refractivity contribution is -0.118. The Morgan fingerprint density at radius 1 is 1.12 bits per heavy atom. The van der Waals surface area contributed by atoms with Crippen LogP contribution < -0.4 is 20.1 Å². The van der Waals surface area contributed by atoms with E-state index in [1.165, 1.54) is 19.6 Å². The highest BCUT2D eigenvalue weighted by Gasteiger charge is 2.18. The molecule has 172 valence electrons. The van der Waals surface area contributed by atoms with Gasteiger partial charge in [-0.3, -0.25) is 9.59 Å². The van der Waals surface area contributed by atoms with Crippen molar-refractivity contribution in [3.8, 4) is 17.6 Å². The number of anilines is 1. The van der Waals surface area contributed by atoms with Crippen molar-refractivity contribution in [3.63, 3.8) is 0 Å². The van der Waals surface area contributed by atoms with Crippen molar-refractivity contribution in [2.75, 3.05) is 19.0 Å². The maximum Gasteiger partial charge on any atom is 0.262 e. The molecule has 0 bridgehead atoms. The Labute approximate surface area is 194 Å². The summed E-state index contributed by atoms with van der Waals surface area (Å²) < 4.78 is 11.0. The van der Waals surface area contributed by atoms with Crippen LogP contribution in [0.25, 0.3) is 6.08 Å². The van der Waals surface area contributed by atoms with Gasteiger partial charge in [-0.2, -0.15) is 5.26 Å². The lowest BCUT2D eigenvalue weighted by Crippen LogP contribution is -2.36. The van der Waals surface area contributed by atoms with Gasteiger partial charge in [0.2, 0.25) is 0 Å². The first-order valence-electron chi connectivity index (χ1n) is 11.1. The van der Waals surface area contributed by atoms with E-state index in [1.54, 1.807) is 18.2 Å². The average molecular weight is 448 g/mol. The van der Waals surface area contributed by atoms with Gasteiger partial charge in [0.05, 0.1) is 7.11 Å². The van der Waals surface area contributed by atoms with Crippen molar-refractivity contribution < 1.29 is 19.1 Å². The molecule has 1 saturated carbocycles. The molecule has 0 spiro atoms. The van der Waals surface area contributed by atoms with Gasteiger partial charge in [0.1, 0.15) is 11.6 Å². The summed E-state index contributed by atoms with van der Waals surface area (Å²) in [6.07, 6.45) is 6.80. The molecule has 1 aliphatic rings. The van der Waals surface area contributed by atoms with Crippen LogP contribution in [0.5, 0.6) is 11.5 Å². The van der Waals surface area contributed by atoms with Crippen molar-refractivity contribution >= 4 is 23.6 Å². The second-order valence-corrected chi connectivity index (χ2v) is 8.09. The van der Waals surface area contributed by atoms with Crippen molar-refractivity contribution in [1.29, 1.82) is 5.26 Å². The van der Waals surface area contributed by atoms with Gasteiger partial charge in [-0.05, 0) is 61.2 Å². The summed E-state index contributed by atoms with van der Waals surface area (Å²) in [6, 6.07) is 14.6. The predicted octanol–water partition coefficient (Wildman–Crippen LogP) is 4.38. The maximum atomic E-state index is 12.5. The Kier molecular flexibility index (Phi) is 8.48. The van der Waals surface area contributed by atoms with Crippen molar-refractivity contribution in [3.05, 3.63) is 59.2 Å². The van der Waals surface area contributed by atoms with Gasteiger partial charge in [-0.1, -0.05) is 37.5 Å². The molecule has 0 heterocycles. The predicted molar refractivity (Wildman–Crippen MR) is 127 cm³/mol. The second-order valence-electron chi connectivity index (χ2n) is 8.09. The number of rotatable bonds is 8. The van der Waals surface area contributed by atoms with Crippen molar-refractivity contribution in [2.45, 2.75) is 45.1 Å². The summed E-state index contributed by atoms with van der Waals surface area (Å²) >= 11 is 0. The van der Waals surface area contributed by atoms with Crippen LogP contribution in [0.3, 0.4) is 0 Å². The number of benzene rings is 2. The summed E-state index contributed by atoms with van der Waals surface area (Å²) in [4.78, 5) is 24.7. The third-order valence-electron chi connectivity index (χ3n) is 5.46. The highest BCUT2D eigenvalue weighted by Crippen LogP contribution is 2.29. The van der Waals surface area contributed by atoms with Crippen LogP contribution in [0.4, 0.5) is 5.69 Å². The second kappa shape index (κ2) is 11.7. The van der Waals surface area contributed by atoms with Gasteiger partial charge in [-0.15, -0.1) is 0 Å². The van der Waals surface area contributed by atoms with Gasteiger partial charge in [0.25, 0.3) is 11.8 Å². The standard InChI is InChI=1S/C26H29N3O4/c1-18-7-6-10-22(13-18)28-25(30)17-33-23-12-11-19(15-24(23)32-2)14-20(16-27)26(31)29-21-8-4-3-5-9-21/h6-7,10-15,21H,3-5,8-9,17H2,1-2H3,(H,28,30)(H,29,31)/b20-14+. The molecule has 2 amide bonds. The molecule has 3 rings (SSSR count). The Hall–Kier alpha value is -3.79. The van der Waals surface area contributed by atoms with Crippen molar-refractivity contribution in [1.82, 2.24) is 5.32 Å². The molecule has 1 aliphatic carbocycles. The molecule has 0 radical (unpaired) electrons. The van der Waals surface area contributed by atoms with E-state index >= 15 is 0 Å². The third-order valence-corrected chi connectivity index (χ3v) is 5.46. The minimum atomic E-state index is -0.364. The molecule has 2 aromatic rings. The Balaban J connectivity index is 1.63. The first-order valence-corrected chi connectivity index (χ1v) is 11.1. The van der Waals surface area contributed by atoms with E-state index in [1.807, 2.05) is 37.3 Å². The molecule has 0 aromatic heterocycles. The number of nitrogens with one attached hydrogen (secondary N) is 2. The molecule has 1 fully saturated rings. The monoisotopic (exact) mass is 447 g/mol. The zero-order valence-electron chi connectivity index (χ0n) is 19.0. The number of nitriles is 1. The van der Waals surface area contributed by atoms with Crippen LogP contribution in [-0.2, 0) is 9.59 Å². The molecule has 7 nitrogen and oxygen atoms in total. The smallest absolute Gasteiger partial charge is 0.262 e. The summed E-state index contributed by atoms with van der Waals surface area (Å²) in [5.41, 5.74) is 2.40. The fourth-order valence-corrected chi connectivity index (χ4v) is 3.78. The number of hydrogen-bond acceptors (Lipinski definition) is 5. The van der Waals surface area contributed by atoms with E-state index in [-0.39, 0.29) is 30.0 Å². The lowest BCUT2D eigenvalue weighted by Gasteiger charge is -2.22. The SMILES string of the molecule is COc1cc(/C=C(\C#N)C(=O)NC2CCCCC2)ccc1OCC(=O)Nc1cccc(C)c1. The van der Waals surface area contributed by atoms with Crippen LogP contribution in [0.15, 0.2) is 48.0 Å². The van der Waals surface area contributed by atoms with Crippen LogP contribution in [0, 0.1) is 18.3 Å². The zero-order chi connectivity index (χ0) is 23.6. The first kappa shape index (κ1) is 23.9. The topological polar surface area (TPSA) is 100 Å². The number of carbonyl (C=O) groups excluding carboxylic acids is 2. The Morgan fingerprint density at radius 3 is 2.61 bits per heavy atom. The number of ether oxygens (including phenoxy) is 2. The van der Waals surface area contributed by atoms with E-state index in [9.17, 15) is 14.9 Å². The minimum absolute atomic E-state index is 0.0360. The molecule has 0 aliphatic heterocycles. The molecular formula is C26H29N3O4. The fourth-order valence-electron chi connectivity index (χ4n) is 3.78. The third kappa shape index (κ3) is 7.11. The van der Waals surface area contributed by atoms with Gasteiger partial charge in [0, 0.05) is 11.7 Å². The van der Waals surface area contributed by atoms with Gasteiger partial charge in [0.15, 0.2) is 18.1 Å². The molecule has 2 aromatic carbocycles. The number of aryl methyl sites for hydroxylation is 1. The van der Waals surface area contributed by atoms with Crippen LogP contribution in [-0.4, -0.2) is 31.6 Å². The molecular weight excluding hydrogens is 418 g/mol. The summed E-state index contributed by atoms with van der Waals surface area (Å²) in [5.74, 6) is 0.130. The molecule has 0 atom stereocenters. The number of amides is 2. The number of methoxy groups -OCH3 is 1. The highest BCUT2D eigenvalue weighted by atomic mass is 16.5. The van der Waals surface area contributed by atoms with Crippen LogP contribution in [0.1, 0.15) is 43.2 Å². The van der Waals surface area contributed by atoms with E-state index in [2.05, 4.69) is 10.6 Å². The molecule has 7 heteroatoms. The fraction of sp³-hybridized carbons (Fsp3) is 0.346. The van der Waals surface area contributed by atoms with Gasteiger partial charge >= 0.3 is 0 Å². The van der Waals surface area contributed by atoms with Crippen LogP contribution in [0.2, 0.25) is 0 Å². The first-order chi connectivity index (χ1) is 16.0. The number of hydrogen-bond donors (Lipinski definition) is 2. The minimum Gasteiger partial charge on any atom is -0.493 e. The number of carbonyl (C=O) groups is 2. The summed E-state index contributed by atoms with van der Waals surface area (Å²) in [5, 5.41) is 15.2. The van der Waals surface area contributed by atoms with E-state index < -0.39 is 0 Å². The molecule has 33 heavy (non-hydrogen) atoms. The van der Waals surface area contributed by atoms with E-state index in [0.717, 1.165) is 31.2 Å². The van der Waals surface area contributed by atoms with Crippen LogP contribution >= 0.6 is 0 Å². The quantitative estimate of drug-likeness (QED) is 0.462.